The molecule has 0 saturated heterocycles. The lowest BCUT2D eigenvalue weighted by Crippen LogP contribution is -2.50. The molecule has 0 fully saturated rings. The molecular weight excluding hydrogens is 372 g/mol. The molecule has 0 spiro atoms. The second kappa shape index (κ2) is 6.57. The van der Waals surface area contributed by atoms with Crippen molar-refractivity contribution in [3.63, 3.8) is 0 Å². The third kappa shape index (κ3) is 3.10. The van der Waals surface area contributed by atoms with Crippen LogP contribution in [0.25, 0.3) is 0 Å². The zero-order valence-electron chi connectivity index (χ0n) is 13.0. The average molecular weight is 387 g/mol. The molecule has 0 radical (unpaired) electrons. The van der Waals surface area contributed by atoms with Gasteiger partial charge in [0.15, 0.2) is 5.78 Å². The average Bonchev–Trinajstić information content (AvgIpc) is 2.56. The Kier molecular flexibility index (Phi) is 4.49. The van der Waals surface area contributed by atoms with Crippen LogP contribution in [-0.4, -0.2) is 23.6 Å². The van der Waals surface area contributed by atoms with Gasteiger partial charge < -0.3 is 5.32 Å². The third-order valence-corrected chi connectivity index (χ3v) is 4.44. The molecule has 0 saturated carbocycles. The van der Waals surface area contributed by atoms with Crippen LogP contribution in [0, 0.1) is 0 Å². The summed E-state index contributed by atoms with van der Waals surface area (Å²) in [6.45, 7) is 1.40. The number of nitrogens with zero attached hydrogens (tertiary/aromatic N) is 1. The van der Waals surface area contributed by atoms with Gasteiger partial charge >= 0.3 is 0 Å². The molecular formula is C18H15BrN2O3. The van der Waals surface area contributed by atoms with Crippen molar-refractivity contribution in [1.29, 1.82) is 0 Å². The zero-order chi connectivity index (χ0) is 17.3. The minimum absolute atomic E-state index is 0.0288. The highest BCUT2D eigenvalue weighted by molar-refractivity contribution is 9.10. The maximum atomic E-state index is 12.7. The van der Waals surface area contributed by atoms with Crippen molar-refractivity contribution < 1.29 is 14.4 Å². The third-order valence-electron chi connectivity index (χ3n) is 3.91. The first-order chi connectivity index (χ1) is 11.5. The molecule has 1 atom stereocenters. The minimum atomic E-state index is -0.853. The summed E-state index contributed by atoms with van der Waals surface area (Å²) in [5.74, 6) is -0.791. The lowest BCUT2D eigenvalue weighted by Gasteiger charge is -2.34. The molecule has 5 nitrogen and oxygen atoms in total. The quantitative estimate of drug-likeness (QED) is 0.859. The van der Waals surface area contributed by atoms with Gasteiger partial charge in [-0.1, -0.05) is 28.1 Å². The number of amides is 2. The molecule has 1 heterocycles. The van der Waals surface area contributed by atoms with Crippen LogP contribution in [-0.2, 0) is 9.59 Å². The van der Waals surface area contributed by atoms with Gasteiger partial charge in [0, 0.05) is 29.1 Å². The molecule has 2 aromatic rings. The molecule has 1 unspecified atom stereocenters. The molecule has 0 aliphatic carbocycles. The summed E-state index contributed by atoms with van der Waals surface area (Å²) in [4.78, 5) is 38.5. The lowest BCUT2D eigenvalue weighted by atomic mass is 9.93. The van der Waals surface area contributed by atoms with E-state index in [1.54, 1.807) is 48.5 Å². The lowest BCUT2D eigenvalue weighted by molar-refractivity contribution is -0.122. The first-order valence-corrected chi connectivity index (χ1v) is 8.25. The van der Waals surface area contributed by atoms with Gasteiger partial charge in [-0.05, 0) is 36.4 Å². The van der Waals surface area contributed by atoms with Crippen LogP contribution < -0.4 is 10.2 Å². The summed E-state index contributed by atoms with van der Waals surface area (Å²) in [6.07, 6.45) is -0.0288. The van der Waals surface area contributed by atoms with Gasteiger partial charge in [0.05, 0.1) is 5.69 Å². The topological polar surface area (TPSA) is 66.5 Å². The van der Waals surface area contributed by atoms with Gasteiger partial charge in [-0.3, -0.25) is 19.3 Å². The van der Waals surface area contributed by atoms with Crippen molar-refractivity contribution in [3.8, 4) is 0 Å². The number of ketones is 1. The van der Waals surface area contributed by atoms with Crippen LogP contribution >= 0.6 is 15.9 Å². The molecule has 2 amide bonds. The molecule has 1 aliphatic heterocycles. The maximum absolute atomic E-state index is 12.7. The summed E-state index contributed by atoms with van der Waals surface area (Å²) >= 11 is 3.33. The molecule has 0 bridgehead atoms. The number of rotatable bonds is 2. The number of benzene rings is 2. The van der Waals surface area contributed by atoms with E-state index in [2.05, 4.69) is 21.2 Å². The summed E-state index contributed by atoms with van der Waals surface area (Å²) in [6, 6.07) is 13.1. The van der Waals surface area contributed by atoms with E-state index < -0.39 is 6.04 Å². The van der Waals surface area contributed by atoms with Crippen molar-refractivity contribution >= 4 is 44.9 Å². The number of nitrogens with one attached hydrogen (secondary N) is 1. The molecule has 3 rings (SSSR count). The number of hydrogen-bond acceptors (Lipinski definition) is 3. The predicted octanol–water partition coefficient (Wildman–Crippen LogP) is 3.40. The van der Waals surface area contributed by atoms with Gasteiger partial charge in [0.1, 0.15) is 6.04 Å². The molecule has 24 heavy (non-hydrogen) atoms. The Bertz CT molecular complexity index is 817. The highest BCUT2D eigenvalue weighted by Crippen LogP contribution is 2.31. The fourth-order valence-electron chi connectivity index (χ4n) is 2.82. The van der Waals surface area contributed by atoms with E-state index in [1.165, 1.54) is 11.8 Å². The Hall–Kier alpha value is -2.47. The Morgan fingerprint density at radius 2 is 1.79 bits per heavy atom. The van der Waals surface area contributed by atoms with Gasteiger partial charge in [0.25, 0.3) is 0 Å². The number of para-hydroxylation sites is 1. The number of fused-ring (bicyclic) bond motifs is 1. The van der Waals surface area contributed by atoms with E-state index in [0.29, 0.717) is 16.9 Å². The molecule has 0 aromatic heterocycles. The zero-order valence-corrected chi connectivity index (χ0v) is 14.5. The number of carbonyl (C=O) groups excluding carboxylic acids is 3. The highest BCUT2D eigenvalue weighted by atomic mass is 79.9. The number of Topliss-reactive ketones (excluding diaryl/α,β-unsaturated/α-hetero) is 1. The van der Waals surface area contributed by atoms with Crippen LogP contribution in [0.1, 0.15) is 23.7 Å². The summed E-state index contributed by atoms with van der Waals surface area (Å²) in [5, 5.41) is 2.77. The molecule has 6 heteroatoms. The normalized spacial score (nSPS) is 16.5. The summed E-state index contributed by atoms with van der Waals surface area (Å²) < 4.78 is 0.896. The van der Waals surface area contributed by atoms with Gasteiger partial charge in [-0.15, -0.1) is 0 Å². The Labute approximate surface area is 147 Å². The molecule has 1 aliphatic rings. The minimum Gasteiger partial charge on any atom is -0.324 e. The second-order valence-corrected chi connectivity index (χ2v) is 6.46. The highest BCUT2D eigenvalue weighted by Gasteiger charge is 2.37. The fourth-order valence-corrected chi connectivity index (χ4v) is 3.09. The van der Waals surface area contributed by atoms with Crippen LogP contribution in [0.15, 0.2) is 53.0 Å². The van der Waals surface area contributed by atoms with E-state index in [4.69, 9.17) is 0 Å². The first-order valence-electron chi connectivity index (χ1n) is 7.46. The van der Waals surface area contributed by atoms with E-state index in [1.807, 2.05) is 0 Å². The van der Waals surface area contributed by atoms with E-state index in [9.17, 15) is 14.4 Å². The Morgan fingerprint density at radius 1 is 1.12 bits per heavy atom. The number of hydrogen-bond donors (Lipinski definition) is 1. The number of carbonyl (C=O) groups is 3. The Balaban J connectivity index is 1.91. The molecule has 122 valence electrons. The van der Waals surface area contributed by atoms with E-state index in [0.717, 1.165) is 4.47 Å². The van der Waals surface area contributed by atoms with Crippen molar-refractivity contribution in [2.45, 2.75) is 19.4 Å². The maximum Gasteiger partial charge on any atom is 0.248 e. The van der Waals surface area contributed by atoms with E-state index >= 15 is 0 Å². The number of halogens is 1. The monoisotopic (exact) mass is 386 g/mol. The van der Waals surface area contributed by atoms with Gasteiger partial charge in [-0.2, -0.15) is 0 Å². The van der Waals surface area contributed by atoms with Crippen LogP contribution in [0.2, 0.25) is 0 Å². The SMILES string of the molecule is CC(=O)N1c2ccccc2C(=O)CC1C(=O)Nc1ccc(Br)cc1. The largest absolute Gasteiger partial charge is 0.324 e. The number of anilines is 2. The van der Waals surface area contributed by atoms with Gasteiger partial charge in [0.2, 0.25) is 11.8 Å². The molecule has 1 N–H and O–H groups in total. The first kappa shape index (κ1) is 16.4. The Morgan fingerprint density at radius 3 is 2.46 bits per heavy atom. The van der Waals surface area contributed by atoms with E-state index in [-0.39, 0.29) is 24.0 Å². The van der Waals surface area contributed by atoms with Crippen molar-refractivity contribution in [3.05, 3.63) is 58.6 Å². The van der Waals surface area contributed by atoms with Crippen LogP contribution in [0.4, 0.5) is 11.4 Å². The fraction of sp³-hybridized carbons (Fsp3) is 0.167. The van der Waals surface area contributed by atoms with Crippen molar-refractivity contribution in [1.82, 2.24) is 0 Å². The second-order valence-electron chi connectivity index (χ2n) is 5.55. The van der Waals surface area contributed by atoms with Crippen molar-refractivity contribution in [2.24, 2.45) is 0 Å². The molecule has 2 aromatic carbocycles. The van der Waals surface area contributed by atoms with Crippen LogP contribution in [0.3, 0.4) is 0 Å². The smallest absolute Gasteiger partial charge is 0.248 e. The summed E-state index contributed by atoms with van der Waals surface area (Å²) in [7, 11) is 0. The van der Waals surface area contributed by atoms with Gasteiger partial charge in [-0.25, -0.2) is 0 Å². The van der Waals surface area contributed by atoms with Crippen LogP contribution in [0.5, 0.6) is 0 Å². The summed E-state index contributed by atoms with van der Waals surface area (Å²) in [5.41, 5.74) is 1.57. The van der Waals surface area contributed by atoms with Crippen molar-refractivity contribution in [2.75, 3.05) is 10.2 Å². The standard InChI is InChI=1S/C18H15BrN2O3/c1-11(22)21-15-5-3-2-4-14(15)17(23)10-16(21)18(24)20-13-8-6-12(19)7-9-13/h2-9,16H,10H2,1H3,(H,20,24). The predicted molar refractivity (Wildman–Crippen MR) is 95.1 cm³/mol.